The van der Waals surface area contributed by atoms with E-state index in [1.807, 2.05) is 0 Å². The van der Waals surface area contributed by atoms with Crippen molar-refractivity contribution in [3.8, 4) is 11.5 Å². The monoisotopic (exact) mass is 503 g/mol. The first-order chi connectivity index (χ1) is 17.6. The Hall–Kier alpha value is -1.71. The number of unbranched alkanes of at least 4 members (excludes halogenated alkanes) is 20. The summed E-state index contributed by atoms with van der Waals surface area (Å²) < 4.78 is 0. The number of nitrogens with one attached hydrogen (secondary N) is 1. The third-order valence-corrected chi connectivity index (χ3v) is 7.28. The van der Waals surface area contributed by atoms with Crippen molar-refractivity contribution in [3.63, 3.8) is 0 Å². The van der Waals surface area contributed by atoms with Gasteiger partial charge < -0.3 is 15.5 Å². The summed E-state index contributed by atoms with van der Waals surface area (Å²) >= 11 is 0. The molecular weight excluding hydrogens is 446 g/mol. The van der Waals surface area contributed by atoms with Crippen LogP contribution in [0.5, 0.6) is 11.5 Å². The Morgan fingerprint density at radius 3 is 1.44 bits per heavy atom. The minimum absolute atomic E-state index is 0.107. The quantitative estimate of drug-likeness (QED) is 0.0919. The molecule has 0 radical (unpaired) electrons. The lowest BCUT2D eigenvalue weighted by atomic mass is 10.0. The highest BCUT2D eigenvalue weighted by Crippen LogP contribution is 2.24. The maximum absolute atomic E-state index is 12.0. The Kier molecular flexibility index (Phi) is 21.3. The molecule has 4 nitrogen and oxygen atoms in total. The highest BCUT2D eigenvalue weighted by Gasteiger charge is 2.03. The van der Waals surface area contributed by atoms with E-state index in [4.69, 9.17) is 0 Å². The second-order valence-corrected chi connectivity index (χ2v) is 10.7. The maximum Gasteiger partial charge on any atom is 0.220 e. The molecule has 0 saturated heterocycles. The van der Waals surface area contributed by atoms with Crippen molar-refractivity contribution in [2.75, 3.05) is 6.54 Å². The van der Waals surface area contributed by atoms with Crippen LogP contribution in [0.15, 0.2) is 18.2 Å². The smallest absolute Gasteiger partial charge is 0.220 e. The van der Waals surface area contributed by atoms with Gasteiger partial charge in [-0.2, -0.15) is 0 Å². The van der Waals surface area contributed by atoms with Crippen LogP contribution in [0.2, 0.25) is 0 Å². The van der Waals surface area contributed by atoms with Crippen LogP contribution in [-0.4, -0.2) is 22.7 Å². The van der Waals surface area contributed by atoms with Gasteiger partial charge in [-0.15, -0.1) is 0 Å². The van der Waals surface area contributed by atoms with Gasteiger partial charge in [-0.3, -0.25) is 4.79 Å². The second kappa shape index (κ2) is 23.7. The van der Waals surface area contributed by atoms with E-state index in [9.17, 15) is 15.0 Å². The Balaban J connectivity index is 1.75. The summed E-state index contributed by atoms with van der Waals surface area (Å²) in [6, 6.07) is 4.79. The topological polar surface area (TPSA) is 69.6 Å². The SMILES string of the molecule is CCCCCCCCCCCCCCCCCCCCCCCC(=O)NCCc1ccc(O)c(O)c1. The number of carbonyl (C=O) groups excluding carboxylic acids is 1. The van der Waals surface area contributed by atoms with E-state index < -0.39 is 0 Å². The summed E-state index contributed by atoms with van der Waals surface area (Å²) in [7, 11) is 0. The van der Waals surface area contributed by atoms with Gasteiger partial charge in [-0.1, -0.05) is 141 Å². The number of benzene rings is 1. The van der Waals surface area contributed by atoms with Crippen molar-refractivity contribution in [1.82, 2.24) is 5.32 Å². The Labute approximate surface area is 222 Å². The van der Waals surface area contributed by atoms with E-state index in [-0.39, 0.29) is 17.4 Å². The van der Waals surface area contributed by atoms with Gasteiger partial charge in [0.25, 0.3) is 0 Å². The molecule has 1 rings (SSSR count). The van der Waals surface area contributed by atoms with Crippen molar-refractivity contribution < 1.29 is 15.0 Å². The molecule has 0 aliphatic carbocycles. The van der Waals surface area contributed by atoms with Gasteiger partial charge in [0.2, 0.25) is 5.91 Å². The summed E-state index contributed by atoms with van der Waals surface area (Å²) in [4.78, 5) is 12.0. The highest BCUT2D eigenvalue weighted by atomic mass is 16.3. The summed E-state index contributed by atoms with van der Waals surface area (Å²) in [5.74, 6) is -0.119. The molecule has 0 unspecified atom stereocenters. The number of aromatic hydroxyl groups is 2. The number of phenolic OH excluding ortho intramolecular Hbond substituents is 2. The van der Waals surface area contributed by atoms with Crippen LogP contribution >= 0.6 is 0 Å². The standard InChI is InChI=1S/C32H57NO3/c1-2-3-4-5-6-7-8-9-10-11-12-13-14-15-16-17-18-19-20-21-22-23-32(36)33-27-26-29-24-25-30(34)31(35)28-29/h24-25,28,34-35H,2-23,26-27H2,1H3,(H,33,36). The first-order valence-electron chi connectivity index (χ1n) is 15.4. The predicted octanol–water partition coefficient (Wildman–Crippen LogP) is 9.36. The largest absolute Gasteiger partial charge is 0.504 e. The van der Waals surface area contributed by atoms with Crippen LogP contribution in [0.1, 0.15) is 154 Å². The molecular formula is C32H57NO3. The first kappa shape index (κ1) is 32.3. The molecule has 208 valence electrons. The summed E-state index contributed by atoms with van der Waals surface area (Å²) in [6.07, 6.45) is 30.0. The zero-order chi connectivity index (χ0) is 26.1. The minimum Gasteiger partial charge on any atom is -0.504 e. The molecule has 0 atom stereocenters. The van der Waals surface area contributed by atoms with Gasteiger partial charge in [0.15, 0.2) is 11.5 Å². The Morgan fingerprint density at radius 1 is 0.611 bits per heavy atom. The molecule has 0 aliphatic rings. The third-order valence-electron chi connectivity index (χ3n) is 7.28. The molecule has 0 aliphatic heterocycles. The molecule has 0 aromatic heterocycles. The summed E-state index contributed by atoms with van der Waals surface area (Å²) in [6.45, 7) is 2.85. The molecule has 0 bridgehead atoms. The van der Waals surface area contributed by atoms with E-state index in [0.29, 0.717) is 19.4 Å². The van der Waals surface area contributed by atoms with Gasteiger partial charge in [0.1, 0.15) is 0 Å². The highest BCUT2D eigenvalue weighted by molar-refractivity contribution is 5.75. The number of amides is 1. The Morgan fingerprint density at radius 2 is 1.03 bits per heavy atom. The van der Waals surface area contributed by atoms with Crippen LogP contribution in [0.3, 0.4) is 0 Å². The van der Waals surface area contributed by atoms with Gasteiger partial charge in [0, 0.05) is 13.0 Å². The van der Waals surface area contributed by atoms with Crippen molar-refractivity contribution in [2.24, 2.45) is 0 Å². The van der Waals surface area contributed by atoms with Crippen molar-refractivity contribution in [2.45, 2.75) is 155 Å². The maximum atomic E-state index is 12.0. The predicted molar refractivity (Wildman–Crippen MR) is 154 cm³/mol. The number of hydrogen-bond donors (Lipinski definition) is 3. The minimum atomic E-state index is -0.113. The van der Waals surface area contributed by atoms with E-state index in [1.165, 1.54) is 128 Å². The molecule has 0 saturated carbocycles. The van der Waals surface area contributed by atoms with Gasteiger partial charge in [0.05, 0.1) is 0 Å². The number of carbonyl (C=O) groups is 1. The molecule has 36 heavy (non-hydrogen) atoms. The lowest BCUT2D eigenvalue weighted by Gasteiger charge is -2.07. The first-order valence-corrected chi connectivity index (χ1v) is 15.4. The number of phenols is 2. The molecule has 1 amide bonds. The zero-order valence-electron chi connectivity index (χ0n) is 23.5. The molecule has 4 heteroatoms. The lowest BCUT2D eigenvalue weighted by molar-refractivity contribution is -0.121. The van der Waals surface area contributed by atoms with Crippen LogP contribution in [-0.2, 0) is 11.2 Å². The molecule has 1 aromatic carbocycles. The fraction of sp³-hybridized carbons (Fsp3) is 0.781. The normalized spacial score (nSPS) is 11.1. The van der Waals surface area contributed by atoms with Crippen LogP contribution < -0.4 is 5.32 Å². The average Bonchev–Trinajstić information content (AvgIpc) is 2.87. The van der Waals surface area contributed by atoms with E-state index >= 15 is 0 Å². The molecule has 0 heterocycles. The fourth-order valence-electron chi connectivity index (χ4n) is 4.88. The molecule has 0 fully saturated rings. The summed E-state index contributed by atoms with van der Waals surface area (Å²) in [5, 5.41) is 21.8. The average molecular weight is 504 g/mol. The lowest BCUT2D eigenvalue weighted by Crippen LogP contribution is -2.25. The molecule has 0 spiro atoms. The molecule has 3 N–H and O–H groups in total. The van der Waals surface area contributed by atoms with Gasteiger partial charge in [-0.05, 0) is 30.5 Å². The van der Waals surface area contributed by atoms with E-state index in [0.717, 1.165) is 18.4 Å². The molecule has 1 aromatic rings. The second-order valence-electron chi connectivity index (χ2n) is 10.7. The van der Waals surface area contributed by atoms with E-state index in [1.54, 1.807) is 12.1 Å². The summed E-state index contributed by atoms with van der Waals surface area (Å²) in [5.41, 5.74) is 0.902. The number of hydrogen-bond acceptors (Lipinski definition) is 3. The number of rotatable bonds is 25. The Bertz CT molecular complexity index is 646. The third kappa shape index (κ3) is 19.5. The fourth-order valence-corrected chi connectivity index (χ4v) is 4.88. The van der Waals surface area contributed by atoms with E-state index in [2.05, 4.69) is 12.2 Å². The van der Waals surface area contributed by atoms with Gasteiger partial charge >= 0.3 is 0 Å². The van der Waals surface area contributed by atoms with Crippen LogP contribution in [0.4, 0.5) is 0 Å². The van der Waals surface area contributed by atoms with Crippen molar-refractivity contribution >= 4 is 5.91 Å². The van der Waals surface area contributed by atoms with Crippen LogP contribution in [0, 0.1) is 0 Å². The van der Waals surface area contributed by atoms with Crippen molar-refractivity contribution in [3.05, 3.63) is 23.8 Å². The van der Waals surface area contributed by atoms with Crippen molar-refractivity contribution in [1.29, 1.82) is 0 Å². The van der Waals surface area contributed by atoms with Gasteiger partial charge in [-0.25, -0.2) is 0 Å². The van der Waals surface area contributed by atoms with Crippen LogP contribution in [0.25, 0.3) is 0 Å². The zero-order valence-corrected chi connectivity index (χ0v) is 23.5.